The van der Waals surface area contributed by atoms with Gasteiger partial charge in [0.25, 0.3) is 0 Å². The molecule has 0 spiro atoms. The third kappa shape index (κ3) is 5.56. The average Bonchev–Trinajstić information content (AvgIpc) is 2.29. The second kappa shape index (κ2) is 6.58. The van der Waals surface area contributed by atoms with E-state index >= 15 is 0 Å². The molecule has 2 fully saturated rings. The summed E-state index contributed by atoms with van der Waals surface area (Å²) in [5.41, 5.74) is 0.867. The molecule has 0 aliphatic carbocycles. The summed E-state index contributed by atoms with van der Waals surface area (Å²) >= 11 is 0. The number of rotatable bonds is 4. The summed E-state index contributed by atoms with van der Waals surface area (Å²) in [6.45, 7) is 20.8. The van der Waals surface area contributed by atoms with Gasteiger partial charge in [-0.25, -0.2) is 0 Å². The summed E-state index contributed by atoms with van der Waals surface area (Å²) < 4.78 is 0. The van der Waals surface area contributed by atoms with Gasteiger partial charge in [0.2, 0.25) is 0 Å². The van der Waals surface area contributed by atoms with E-state index in [4.69, 9.17) is 0 Å². The smallest absolute Gasteiger partial charge is 0.0125 e. The van der Waals surface area contributed by atoms with Crippen LogP contribution in [0.15, 0.2) is 0 Å². The molecule has 0 N–H and O–H groups in total. The standard InChI is InChI=1S/C19H38N2/c1-18(2,3)9-12-20-10-7-16(8-11-20)13-17-14-21(15-17)19(4,5)6/h16-17H,7-15H2,1-6H3. The molecule has 0 radical (unpaired) electrons. The summed E-state index contributed by atoms with van der Waals surface area (Å²) in [4.78, 5) is 5.33. The minimum absolute atomic E-state index is 0.382. The number of hydrogen-bond donors (Lipinski definition) is 0. The van der Waals surface area contributed by atoms with E-state index in [0.29, 0.717) is 11.0 Å². The molecular formula is C19H38N2. The highest BCUT2D eigenvalue weighted by atomic mass is 15.2. The average molecular weight is 295 g/mol. The topological polar surface area (TPSA) is 6.48 Å². The van der Waals surface area contributed by atoms with Gasteiger partial charge in [0.1, 0.15) is 0 Å². The highest BCUT2D eigenvalue weighted by Gasteiger charge is 2.35. The van der Waals surface area contributed by atoms with Crippen LogP contribution in [0.25, 0.3) is 0 Å². The molecular weight excluding hydrogens is 256 g/mol. The molecule has 2 aliphatic rings. The van der Waals surface area contributed by atoms with Crippen LogP contribution < -0.4 is 0 Å². The quantitative estimate of drug-likeness (QED) is 0.764. The van der Waals surface area contributed by atoms with Crippen molar-refractivity contribution in [3.63, 3.8) is 0 Å². The van der Waals surface area contributed by atoms with Crippen LogP contribution in [0.1, 0.15) is 67.2 Å². The van der Waals surface area contributed by atoms with E-state index in [1.54, 1.807) is 0 Å². The molecule has 0 aromatic rings. The van der Waals surface area contributed by atoms with Gasteiger partial charge in [-0.2, -0.15) is 0 Å². The van der Waals surface area contributed by atoms with Crippen molar-refractivity contribution in [1.29, 1.82) is 0 Å². The summed E-state index contributed by atoms with van der Waals surface area (Å²) in [6.07, 6.45) is 5.70. The SMILES string of the molecule is CC(C)(C)CCN1CCC(CC2CN(C(C)(C)C)C2)CC1. The molecule has 2 nitrogen and oxygen atoms in total. The maximum absolute atomic E-state index is 2.70. The van der Waals surface area contributed by atoms with Crippen LogP contribution >= 0.6 is 0 Å². The molecule has 0 atom stereocenters. The molecule has 2 rings (SSSR count). The normalized spacial score (nSPS) is 24.3. The first-order chi connectivity index (χ1) is 9.63. The Hall–Kier alpha value is -0.0800. The van der Waals surface area contributed by atoms with Crippen molar-refractivity contribution in [3.05, 3.63) is 0 Å². The zero-order valence-electron chi connectivity index (χ0n) is 15.4. The Labute approximate surface area is 133 Å². The maximum Gasteiger partial charge on any atom is 0.0125 e. The van der Waals surface area contributed by atoms with Crippen molar-refractivity contribution in [1.82, 2.24) is 9.80 Å². The molecule has 2 heterocycles. The first-order valence-corrected chi connectivity index (χ1v) is 9.11. The van der Waals surface area contributed by atoms with Gasteiger partial charge in [-0.15, -0.1) is 0 Å². The first kappa shape index (κ1) is 17.3. The van der Waals surface area contributed by atoms with Crippen LogP contribution in [0.2, 0.25) is 0 Å². The van der Waals surface area contributed by atoms with Gasteiger partial charge in [0.15, 0.2) is 0 Å². The third-order valence-electron chi connectivity index (χ3n) is 5.46. The zero-order chi connectivity index (χ0) is 15.7. The van der Waals surface area contributed by atoms with Crippen LogP contribution in [0.4, 0.5) is 0 Å². The van der Waals surface area contributed by atoms with Gasteiger partial charge < -0.3 is 4.90 Å². The molecule has 0 amide bonds. The highest BCUT2D eigenvalue weighted by Crippen LogP contribution is 2.33. The molecule has 21 heavy (non-hydrogen) atoms. The van der Waals surface area contributed by atoms with Gasteiger partial charge >= 0.3 is 0 Å². The second-order valence-electron chi connectivity index (χ2n) is 9.77. The van der Waals surface area contributed by atoms with E-state index in [9.17, 15) is 0 Å². The molecule has 0 bridgehead atoms. The van der Waals surface area contributed by atoms with E-state index in [2.05, 4.69) is 51.3 Å². The van der Waals surface area contributed by atoms with Crippen LogP contribution in [0.3, 0.4) is 0 Å². The molecule has 2 heteroatoms. The molecule has 0 aromatic heterocycles. The van der Waals surface area contributed by atoms with Gasteiger partial charge in [0.05, 0.1) is 0 Å². The van der Waals surface area contributed by atoms with E-state index in [0.717, 1.165) is 11.8 Å². The van der Waals surface area contributed by atoms with Gasteiger partial charge in [-0.1, -0.05) is 20.8 Å². The fraction of sp³-hybridized carbons (Fsp3) is 1.00. The Kier molecular flexibility index (Phi) is 5.41. The lowest BCUT2D eigenvalue weighted by atomic mass is 9.81. The van der Waals surface area contributed by atoms with Crippen molar-refractivity contribution in [2.45, 2.75) is 72.8 Å². The van der Waals surface area contributed by atoms with Crippen LogP contribution in [-0.2, 0) is 0 Å². The van der Waals surface area contributed by atoms with E-state index in [1.165, 1.54) is 58.4 Å². The Bertz CT molecular complexity index is 309. The van der Waals surface area contributed by atoms with Gasteiger partial charge in [-0.3, -0.25) is 4.90 Å². The Morgan fingerprint density at radius 2 is 1.43 bits per heavy atom. The number of nitrogens with zero attached hydrogens (tertiary/aromatic N) is 2. The molecule has 0 saturated carbocycles. The minimum Gasteiger partial charge on any atom is -0.303 e. The lowest BCUT2D eigenvalue weighted by molar-refractivity contribution is -0.00148. The van der Waals surface area contributed by atoms with Crippen molar-refractivity contribution in [2.75, 3.05) is 32.7 Å². The van der Waals surface area contributed by atoms with Crippen LogP contribution in [0, 0.1) is 17.3 Å². The van der Waals surface area contributed by atoms with E-state index in [1.807, 2.05) is 0 Å². The van der Waals surface area contributed by atoms with Crippen molar-refractivity contribution in [2.24, 2.45) is 17.3 Å². The van der Waals surface area contributed by atoms with Crippen LogP contribution in [0.5, 0.6) is 0 Å². The minimum atomic E-state index is 0.382. The maximum atomic E-state index is 2.70. The fourth-order valence-electron chi connectivity index (χ4n) is 3.68. The van der Waals surface area contributed by atoms with E-state index < -0.39 is 0 Å². The summed E-state index contributed by atoms with van der Waals surface area (Å²) in [5.74, 6) is 1.98. The fourth-order valence-corrected chi connectivity index (χ4v) is 3.68. The third-order valence-corrected chi connectivity index (χ3v) is 5.46. The largest absolute Gasteiger partial charge is 0.303 e. The van der Waals surface area contributed by atoms with Crippen molar-refractivity contribution in [3.8, 4) is 0 Å². The number of hydrogen-bond acceptors (Lipinski definition) is 2. The molecule has 2 saturated heterocycles. The first-order valence-electron chi connectivity index (χ1n) is 9.11. The molecule has 0 unspecified atom stereocenters. The number of piperidine rings is 1. The predicted octanol–water partition coefficient (Wildman–Crippen LogP) is 4.26. The lowest BCUT2D eigenvalue weighted by Crippen LogP contribution is -2.56. The Balaban J connectivity index is 1.60. The van der Waals surface area contributed by atoms with E-state index in [-0.39, 0.29) is 0 Å². The Morgan fingerprint density at radius 1 is 0.857 bits per heavy atom. The van der Waals surface area contributed by atoms with Gasteiger partial charge in [0, 0.05) is 18.6 Å². The summed E-state index contributed by atoms with van der Waals surface area (Å²) in [7, 11) is 0. The number of likely N-dealkylation sites (tertiary alicyclic amines) is 2. The summed E-state index contributed by atoms with van der Waals surface area (Å²) in [5, 5.41) is 0. The summed E-state index contributed by atoms with van der Waals surface area (Å²) in [6, 6.07) is 0. The van der Waals surface area contributed by atoms with Gasteiger partial charge in [-0.05, 0) is 83.3 Å². The highest BCUT2D eigenvalue weighted by molar-refractivity contribution is 4.90. The Morgan fingerprint density at radius 3 is 1.90 bits per heavy atom. The molecule has 0 aromatic carbocycles. The molecule has 124 valence electrons. The van der Waals surface area contributed by atoms with Crippen LogP contribution in [-0.4, -0.2) is 48.1 Å². The zero-order valence-corrected chi connectivity index (χ0v) is 15.4. The van der Waals surface area contributed by atoms with Crippen molar-refractivity contribution < 1.29 is 0 Å². The lowest BCUT2D eigenvalue weighted by Gasteiger charge is -2.49. The van der Waals surface area contributed by atoms with Crippen molar-refractivity contribution >= 4 is 0 Å². The second-order valence-corrected chi connectivity index (χ2v) is 9.77. The molecule has 2 aliphatic heterocycles. The monoisotopic (exact) mass is 294 g/mol. The predicted molar refractivity (Wildman–Crippen MR) is 92.7 cm³/mol.